The number of fused-ring (bicyclic) bond motifs is 1. The molecule has 0 radical (unpaired) electrons. The molecule has 33 heavy (non-hydrogen) atoms. The average molecular weight is 454 g/mol. The maximum absolute atomic E-state index is 12.4. The van der Waals surface area contributed by atoms with Crippen LogP contribution in [0.5, 0.6) is 5.75 Å². The lowest BCUT2D eigenvalue weighted by Crippen LogP contribution is -2.30. The Balaban J connectivity index is 1.56. The first-order valence-electron chi connectivity index (χ1n) is 11.3. The van der Waals surface area contributed by atoms with Crippen LogP contribution in [0.1, 0.15) is 42.4 Å². The van der Waals surface area contributed by atoms with Gasteiger partial charge in [-0.1, -0.05) is 30.2 Å². The van der Waals surface area contributed by atoms with Crippen molar-refractivity contribution < 1.29 is 24.3 Å². The summed E-state index contributed by atoms with van der Waals surface area (Å²) < 4.78 is 10.9. The number of ether oxygens (including phenoxy) is 1. The topological polar surface area (TPSA) is 109 Å². The van der Waals surface area contributed by atoms with E-state index in [-0.39, 0.29) is 13.0 Å². The minimum atomic E-state index is -0.525. The van der Waals surface area contributed by atoms with Gasteiger partial charge in [0, 0.05) is 29.9 Å². The third-order valence-electron chi connectivity index (χ3n) is 5.67. The molecule has 1 aromatic heterocycles. The van der Waals surface area contributed by atoms with Crippen molar-refractivity contribution in [2.45, 2.75) is 45.4 Å². The van der Waals surface area contributed by atoms with Crippen LogP contribution in [0.2, 0.25) is 0 Å². The van der Waals surface area contributed by atoms with Crippen molar-refractivity contribution in [3.63, 3.8) is 0 Å². The molecule has 0 aliphatic carbocycles. The minimum absolute atomic E-state index is 0.110. The van der Waals surface area contributed by atoms with Gasteiger partial charge in [-0.25, -0.2) is 10.3 Å². The van der Waals surface area contributed by atoms with Crippen molar-refractivity contribution in [1.82, 2.24) is 5.48 Å². The summed E-state index contributed by atoms with van der Waals surface area (Å²) in [5.41, 5.74) is 4.44. The van der Waals surface area contributed by atoms with Crippen LogP contribution >= 0.6 is 0 Å². The summed E-state index contributed by atoms with van der Waals surface area (Å²) >= 11 is 0. The lowest BCUT2D eigenvalue weighted by atomic mass is 9.92. The molecule has 3 aromatic rings. The van der Waals surface area contributed by atoms with Crippen LogP contribution in [0.15, 0.2) is 57.7 Å². The van der Waals surface area contributed by atoms with Gasteiger partial charge >= 0.3 is 5.63 Å². The Hall–Kier alpha value is -3.16. The second kappa shape index (κ2) is 12.2. The van der Waals surface area contributed by atoms with Gasteiger partial charge in [-0.3, -0.25) is 10.0 Å². The number of amides is 1. The van der Waals surface area contributed by atoms with E-state index in [1.54, 1.807) is 17.6 Å². The van der Waals surface area contributed by atoms with Crippen molar-refractivity contribution in [1.29, 1.82) is 0 Å². The van der Waals surface area contributed by atoms with Crippen LogP contribution in [-0.2, 0) is 17.6 Å². The Kier molecular flexibility index (Phi) is 9.04. The molecule has 1 amide bonds. The van der Waals surface area contributed by atoms with E-state index in [9.17, 15) is 14.8 Å². The number of carbonyl (C=O) groups excluding carboxylic acids is 1. The first-order valence-corrected chi connectivity index (χ1v) is 11.3. The summed E-state index contributed by atoms with van der Waals surface area (Å²) in [4.78, 5) is 24.6. The Morgan fingerprint density at radius 1 is 1.09 bits per heavy atom. The van der Waals surface area contributed by atoms with Crippen LogP contribution in [0.4, 0.5) is 0 Å². The van der Waals surface area contributed by atoms with Crippen LogP contribution < -0.4 is 15.8 Å². The average Bonchev–Trinajstić information content (AvgIpc) is 2.82. The van der Waals surface area contributed by atoms with Crippen molar-refractivity contribution >= 4 is 16.9 Å². The molecular formula is C26H31NO6. The highest BCUT2D eigenvalue weighted by molar-refractivity contribution is 5.79. The number of aryl methyl sites for hydroxylation is 2. The van der Waals surface area contributed by atoms with Crippen LogP contribution in [-0.4, -0.2) is 29.4 Å². The molecule has 0 saturated carbocycles. The number of rotatable bonds is 12. The predicted octanol–water partition coefficient (Wildman–Crippen LogP) is 3.94. The molecule has 0 bridgehead atoms. The van der Waals surface area contributed by atoms with Gasteiger partial charge in [0.25, 0.3) is 0 Å². The van der Waals surface area contributed by atoms with Crippen LogP contribution in [0.25, 0.3) is 11.0 Å². The molecule has 0 spiro atoms. The molecule has 2 aromatic carbocycles. The first-order chi connectivity index (χ1) is 16.0. The predicted molar refractivity (Wildman–Crippen MR) is 126 cm³/mol. The summed E-state index contributed by atoms with van der Waals surface area (Å²) in [6.45, 7) is 2.56. The number of hydroxylamine groups is 1. The van der Waals surface area contributed by atoms with E-state index >= 15 is 0 Å². The summed E-state index contributed by atoms with van der Waals surface area (Å²) in [5.74, 6) is -0.248. The van der Waals surface area contributed by atoms with Gasteiger partial charge in [-0.15, -0.1) is 0 Å². The number of aliphatic hydroxyl groups is 1. The third-order valence-corrected chi connectivity index (χ3v) is 5.67. The second-order valence-corrected chi connectivity index (χ2v) is 8.29. The monoisotopic (exact) mass is 453 g/mol. The Bertz CT molecular complexity index is 1110. The Labute approximate surface area is 193 Å². The van der Waals surface area contributed by atoms with E-state index in [4.69, 9.17) is 14.3 Å². The van der Waals surface area contributed by atoms with Crippen LogP contribution in [0.3, 0.4) is 0 Å². The van der Waals surface area contributed by atoms with Gasteiger partial charge in [0.15, 0.2) is 0 Å². The standard InChI is InChI=1S/C26H31NO6/c1-18-7-12-24-21(15-18)17-22(26(30)33-24)16-20(25(29)27-31)6-3-2-5-19-8-10-23(11-9-19)32-14-4-13-28/h7-12,15,17,20,28,31H,2-6,13-14,16H2,1H3,(H,27,29). The maximum Gasteiger partial charge on any atom is 0.339 e. The zero-order valence-corrected chi connectivity index (χ0v) is 18.9. The molecule has 1 atom stereocenters. The summed E-state index contributed by atoms with van der Waals surface area (Å²) in [7, 11) is 0. The molecule has 0 fully saturated rings. The molecule has 0 aliphatic heterocycles. The normalized spacial score (nSPS) is 12.0. The van der Waals surface area contributed by atoms with E-state index in [2.05, 4.69) is 0 Å². The van der Waals surface area contributed by atoms with Gasteiger partial charge in [0.05, 0.1) is 6.61 Å². The lowest BCUT2D eigenvalue weighted by molar-refractivity contribution is -0.133. The smallest absolute Gasteiger partial charge is 0.339 e. The number of carbonyl (C=O) groups is 1. The minimum Gasteiger partial charge on any atom is -0.494 e. The van der Waals surface area contributed by atoms with Gasteiger partial charge in [0.2, 0.25) is 5.91 Å². The molecule has 176 valence electrons. The summed E-state index contributed by atoms with van der Waals surface area (Å²) in [5, 5.41) is 18.8. The zero-order chi connectivity index (χ0) is 23.6. The highest BCUT2D eigenvalue weighted by Gasteiger charge is 2.20. The highest BCUT2D eigenvalue weighted by Crippen LogP contribution is 2.20. The highest BCUT2D eigenvalue weighted by atomic mass is 16.5. The van der Waals surface area contributed by atoms with Gasteiger partial charge < -0.3 is 14.3 Å². The Morgan fingerprint density at radius 3 is 2.61 bits per heavy atom. The Morgan fingerprint density at radius 2 is 1.88 bits per heavy atom. The number of aliphatic hydroxyl groups excluding tert-OH is 1. The fourth-order valence-electron chi connectivity index (χ4n) is 3.84. The summed E-state index contributed by atoms with van der Waals surface area (Å²) in [6.07, 6.45) is 3.84. The molecule has 3 N–H and O–H groups in total. The maximum atomic E-state index is 12.4. The summed E-state index contributed by atoms with van der Waals surface area (Å²) in [6, 6.07) is 15.2. The zero-order valence-electron chi connectivity index (χ0n) is 18.9. The van der Waals surface area contributed by atoms with E-state index in [0.29, 0.717) is 30.6 Å². The van der Waals surface area contributed by atoms with E-state index in [1.165, 1.54) is 5.56 Å². The fraction of sp³-hybridized carbons (Fsp3) is 0.385. The second-order valence-electron chi connectivity index (χ2n) is 8.29. The molecule has 3 rings (SSSR count). The number of hydrogen-bond acceptors (Lipinski definition) is 6. The lowest BCUT2D eigenvalue weighted by Gasteiger charge is -2.14. The molecular weight excluding hydrogens is 422 g/mol. The SMILES string of the molecule is Cc1ccc2oc(=O)c(CC(CCCCc3ccc(OCCCO)cc3)C(=O)NO)cc2c1. The number of nitrogens with one attached hydrogen (secondary N) is 1. The fourth-order valence-corrected chi connectivity index (χ4v) is 3.84. The third kappa shape index (κ3) is 7.17. The molecule has 0 saturated heterocycles. The molecule has 1 heterocycles. The van der Waals surface area contributed by atoms with Crippen molar-refractivity contribution in [2.24, 2.45) is 5.92 Å². The van der Waals surface area contributed by atoms with E-state index < -0.39 is 17.5 Å². The van der Waals surface area contributed by atoms with E-state index in [1.807, 2.05) is 43.3 Å². The number of benzene rings is 2. The molecule has 0 aliphatic rings. The van der Waals surface area contributed by atoms with E-state index in [0.717, 1.165) is 36.0 Å². The first kappa shape index (κ1) is 24.5. The van der Waals surface area contributed by atoms with Crippen molar-refractivity contribution in [3.05, 3.63) is 75.6 Å². The quantitative estimate of drug-likeness (QED) is 0.166. The molecule has 7 nitrogen and oxygen atoms in total. The van der Waals surface area contributed by atoms with Gasteiger partial charge in [-0.05, 0) is 68.5 Å². The number of unbranched alkanes of at least 4 members (excludes halogenated alkanes) is 1. The van der Waals surface area contributed by atoms with Crippen molar-refractivity contribution in [2.75, 3.05) is 13.2 Å². The van der Waals surface area contributed by atoms with Gasteiger partial charge in [0.1, 0.15) is 11.3 Å². The largest absolute Gasteiger partial charge is 0.494 e. The number of hydrogen-bond donors (Lipinski definition) is 3. The van der Waals surface area contributed by atoms with Crippen LogP contribution in [0, 0.1) is 12.8 Å². The molecule has 1 unspecified atom stereocenters. The van der Waals surface area contributed by atoms with Crippen molar-refractivity contribution in [3.8, 4) is 5.75 Å². The molecule has 7 heteroatoms. The van der Waals surface area contributed by atoms with Gasteiger partial charge in [-0.2, -0.15) is 0 Å².